The number of rotatable bonds is 4. The molecule has 3 N–H and O–H groups in total. The Kier molecular flexibility index (Phi) is 3.99. The SMILES string of the molecule is NC(=O)c1ccc([N+](=O)[O-])c(NC2CCCCC2)c1. The molecule has 2 rings (SSSR count). The van der Waals surface area contributed by atoms with Crippen molar-refractivity contribution in [1.82, 2.24) is 0 Å². The Balaban J connectivity index is 2.26. The number of carbonyl (C=O) groups excluding carboxylic acids is 1. The van der Waals surface area contributed by atoms with E-state index in [0.717, 1.165) is 25.7 Å². The van der Waals surface area contributed by atoms with Gasteiger partial charge in [0.05, 0.1) is 4.92 Å². The minimum Gasteiger partial charge on any atom is -0.377 e. The van der Waals surface area contributed by atoms with Crippen LogP contribution in [0.15, 0.2) is 18.2 Å². The summed E-state index contributed by atoms with van der Waals surface area (Å²) in [5.41, 5.74) is 5.85. The van der Waals surface area contributed by atoms with Crippen LogP contribution in [0.25, 0.3) is 0 Å². The van der Waals surface area contributed by atoms with Crippen molar-refractivity contribution in [2.75, 3.05) is 5.32 Å². The van der Waals surface area contributed by atoms with Crippen molar-refractivity contribution in [3.63, 3.8) is 0 Å². The molecule has 0 aromatic heterocycles. The summed E-state index contributed by atoms with van der Waals surface area (Å²) in [6, 6.07) is 4.41. The van der Waals surface area contributed by atoms with Crippen LogP contribution in [0.5, 0.6) is 0 Å². The van der Waals surface area contributed by atoms with Crippen LogP contribution in [0.2, 0.25) is 0 Å². The van der Waals surface area contributed by atoms with E-state index < -0.39 is 10.8 Å². The van der Waals surface area contributed by atoms with E-state index in [1.54, 1.807) is 0 Å². The predicted molar refractivity (Wildman–Crippen MR) is 72.1 cm³/mol. The van der Waals surface area contributed by atoms with Gasteiger partial charge in [0, 0.05) is 17.7 Å². The van der Waals surface area contributed by atoms with Gasteiger partial charge in [-0.15, -0.1) is 0 Å². The van der Waals surface area contributed by atoms with Crippen LogP contribution in [0.4, 0.5) is 11.4 Å². The molecule has 102 valence electrons. The van der Waals surface area contributed by atoms with Gasteiger partial charge in [0.15, 0.2) is 0 Å². The summed E-state index contributed by atoms with van der Waals surface area (Å²) in [4.78, 5) is 21.7. The number of carbonyl (C=O) groups is 1. The summed E-state index contributed by atoms with van der Waals surface area (Å²) < 4.78 is 0. The van der Waals surface area contributed by atoms with Crippen LogP contribution >= 0.6 is 0 Å². The van der Waals surface area contributed by atoms with Crippen LogP contribution in [0.1, 0.15) is 42.5 Å². The van der Waals surface area contributed by atoms with Crippen molar-refractivity contribution in [3.8, 4) is 0 Å². The average Bonchev–Trinajstić information content (AvgIpc) is 2.39. The fraction of sp³-hybridized carbons (Fsp3) is 0.462. The lowest BCUT2D eigenvalue weighted by Crippen LogP contribution is -2.23. The van der Waals surface area contributed by atoms with E-state index in [0.29, 0.717) is 5.69 Å². The van der Waals surface area contributed by atoms with Gasteiger partial charge >= 0.3 is 0 Å². The lowest BCUT2D eigenvalue weighted by Gasteiger charge is -2.23. The van der Waals surface area contributed by atoms with Gasteiger partial charge in [-0.05, 0) is 25.0 Å². The molecule has 0 unspecified atom stereocenters. The quantitative estimate of drug-likeness (QED) is 0.643. The standard InChI is InChI=1S/C13H17N3O3/c14-13(17)9-6-7-12(16(18)19)11(8-9)15-10-4-2-1-3-5-10/h6-8,10,15H,1-5H2,(H2,14,17). The smallest absolute Gasteiger partial charge is 0.292 e. The maximum Gasteiger partial charge on any atom is 0.292 e. The second-order valence-electron chi connectivity index (χ2n) is 4.83. The van der Waals surface area contributed by atoms with E-state index in [-0.39, 0.29) is 17.3 Å². The normalized spacial score (nSPS) is 16.0. The van der Waals surface area contributed by atoms with Crippen LogP contribution in [-0.2, 0) is 0 Å². The Morgan fingerprint density at radius 3 is 2.58 bits per heavy atom. The maximum atomic E-state index is 11.2. The minimum atomic E-state index is -0.582. The third-order valence-corrected chi connectivity index (χ3v) is 3.44. The molecule has 1 aromatic rings. The highest BCUT2D eigenvalue weighted by molar-refractivity contribution is 5.94. The molecule has 19 heavy (non-hydrogen) atoms. The van der Waals surface area contributed by atoms with E-state index in [1.165, 1.54) is 24.6 Å². The summed E-state index contributed by atoms with van der Waals surface area (Å²) in [5.74, 6) is -0.582. The number of hydrogen-bond donors (Lipinski definition) is 2. The van der Waals surface area contributed by atoms with Gasteiger partial charge in [0.1, 0.15) is 5.69 Å². The molecule has 0 spiro atoms. The molecule has 1 aliphatic rings. The zero-order valence-corrected chi connectivity index (χ0v) is 10.6. The molecule has 0 aliphatic heterocycles. The Morgan fingerprint density at radius 2 is 2.00 bits per heavy atom. The number of nitro groups is 1. The monoisotopic (exact) mass is 263 g/mol. The molecule has 0 heterocycles. The van der Waals surface area contributed by atoms with Crippen molar-refractivity contribution in [2.45, 2.75) is 38.1 Å². The lowest BCUT2D eigenvalue weighted by atomic mass is 9.95. The lowest BCUT2D eigenvalue weighted by molar-refractivity contribution is -0.384. The fourth-order valence-electron chi connectivity index (χ4n) is 2.43. The van der Waals surface area contributed by atoms with Gasteiger partial charge < -0.3 is 11.1 Å². The third kappa shape index (κ3) is 3.21. The number of amides is 1. The molecular formula is C13H17N3O3. The number of nitrogens with zero attached hydrogens (tertiary/aromatic N) is 1. The number of benzene rings is 1. The first-order valence-corrected chi connectivity index (χ1v) is 6.42. The van der Waals surface area contributed by atoms with Crippen LogP contribution < -0.4 is 11.1 Å². The van der Waals surface area contributed by atoms with Crippen LogP contribution in [0, 0.1) is 10.1 Å². The average molecular weight is 263 g/mol. The van der Waals surface area contributed by atoms with E-state index in [4.69, 9.17) is 5.73 Å². The first kappa shape index (κ1) is 13.3. The van der Waals surface area contributed by atoms with E-state index in [9.17, 15) is 14.9 Å². The molecule has 1 aliphatic carbocycles. The van der Waals surface area contributed by atoms with Gasteiger partial charge in [-0.3, -0.25) is 14.9 Å². The van der Waals surface area contributed by atoms with Gasteiger partial charge in [0.2, 0.25) is 5.91 Å². The second-order valence-corrected chi connectivity index (χ2v) is 4.83. The molecule has 1 fully saturated rings. The van der Waals surface area contributed by atoms with Crippen molar-refractivity contribution < 1.29 is 9.72 Å². The van der Waals surface area contributed by atoms with Crippen molar-refractivity contribution in [1.29, 1.82) is 0 Å². The Labute approximate surface area is 111 Å². The van der Waals surface area contributed by atoms with E-state index in [1.807, 2.05) is 0 Å². The Bertz CT molecular complexity index is 496. The first-order chi connectivity index (χ1) is 9.08. The summed E-state index contributed by atoms with van der Waals surface area (Å²) in [5, 5.41) is 14.2. The molecule has 0 saturated heterocycles. The van der Waals surface area contributed by atoms with Crippen LogP contribution in [-0.4, -0.2) is 16.9 Å². The van der Waals surface area contributed by atoms with Gasteiger partial charge in [-0.2, -0.15) is 0 Å². The summed E-state index contributed by atoms with van der Waals surface area (Å²) >= 11 is 0. The topological polar surface area (TPSA) is 98.3 Å². The number of hydrogen-bond acceptors (Lipinski definition) is 4. The molecule has 1 amide bonds. The maximum absolute atomic E-state index is 11.2. The summed E-state index contributed by atoms with van der Waals surface area (Å²) in [6.07, 6.45) is 5.46. The Hall–Kier alpha value is -2.11. The highest BCUT2D eigenvalue weighted by atomic mass is 16.6. The predicted octanol–water partition coefficient (Wildman–Crippen LogP) is 2.44. The first-order valence-electron chi connectivity index (χ1n) is 6.42. The van der Waals surface area contributed by atoms with Crippen molar-refractivity contribution >= 4 is 17.3 Å². The second kappa shape index (κ2) is 5.69. The number of nitrogens with one attached hydrogen (secondary N) is 1. The highest BCUT2D eigenvalue weighted by Gasteiger charge is 2.20. The third-order valence-electron chi connectivity index (χ3n) is 3.44. The minimum absolute atomic E-state index is 0.0180. The Morgan fingerprint density at radius 1 is 1.32 bits per heavy atom. The molecule has 6 heteroatoms. The molecular weight excluding hydrogens is 246 g/mol. The van der Waals surface area contributed by atoms with Crippen molar-refractivity contribution in [2.24, 2.45) is 5.73 Å². The van der Waals surface area contributed by atoms with E-state index in [2.05, 4.69) is 5.32 Å². The zero-order valence-electron chi connectivity index (χ0n) is 10.6. The number of primary amides is 1. The van der Waals surface area contributed by atoms with Gasteiger partial charge in [-0.25, -0.2) is 0 Å². The molecule has 1 aromatic carbocycles. The summed E-state index contributed by atoms with van der Waals surface area (Å²) in [7, 11) is 0. The molecule has 0 radical (unpaired) electrons. The van der Waals surface area contributed by atoms with Gasteiger partial charge in [-0.1, -0.05) is 19.3 Å². The van der Waals surface area contributed by atoms with Crippen molar-refractivity contribution in [3.05, 3.63) is 33.9 Å². The number of anilines is 1. The molecule has 1 saturated carbocycles. The fourth-order valence-corrected chi connectivity index (χ4v) is 2.43. The summed E-state index contributed by atoms with van der Waals surface area (Å²) in [6.45, 7) is 0. The highest BCUT2D eigenvalue weighted by Crippen LogP contribution is 2.29. The number of nitro benzene ring substituents is 1. The van der Waals surface area contributed by atoms with Crippen LogP contribution in [0.3, 0.4) is 0 Å². The molecule has 6 nitrogen and oxygen atoms in total. The van der Waals surface area contributed by atoms with E-state index >= 15 is 0 Å². The molecule has 0 atom stereocenters. The largest absolute Gasteiger partial charge is 0.377 e. The number of nitrogens with two attached hydrogens (primary N) is 1. The zero-order chi connectivity index (χ0) is 13.8. The molecule has 0 bridgehead atoms. The van der Waals surface area contributed by atoms with Gasteiger partial charge in [0.25, 0.3) is 5.69 Å².